The Morgan fingerprint density at radius 1 is 1.30 bits per heavy atom. The smallest absolute Gasteiger partial charge is 0.313 e. The van der Waals surface area contributed by atoms with Gasteiger partial charge < -0.3 is 20.2 Å². The van der Waals surface area contributed by atoms with Crippen molar-refractivity contribution in [1.29, 1.82) is 0 Å². The normalized spacial score (nSPS) is 11.8. The molecule has 0 aliphatic heterocycles. The van der Waals surface area contributed by atoms with Gasteiger partial charge in [0.2, 0.25) is 0 Å². The van der Waals surface area contributed by atoms with Crippen LogP contribution in [0.2, 0.25) is 0 Å². The SMILES string of the molecule is Cc1ccc(NC(=O)C(=O)NCC[C@H](O)c2ccoc2)cc1F. The van der Waals surface area contributed by atoms with Crippen LogP contribution in [0.1, 0.15) is 23.7 Å². The van der Waals surface area contributed by atoms with Gasteiger partial charge in [-0.25, -0.2) is 4.39 Å². The van der Waals surface area contributed by atoms with Crippen molar-refractivity contribution in [3.8, 4) is 0 Å². The average Bonchev–Trinajstić information content (AvgIpc) is 3.05. The van der Waals surface area contributed by atoms with Crippen LogP contribution in [0.25, 0.3) is 0 Å². The third kappa shape index (κ3) is 4.65. The van der Waals surface area contributed by atoms with E-state index in [4.69, 9.17) is 4.42 Å². The molecule has 0 saturated heterocycles. The van der Waals surface area contributed by atoms with Crippen LogP contribution in [0.3, 0.4) is 0 Å². The molecular formula is C16H17FN2O4. The molecule has 0 bridgehead atoms. The minimum atomic E-state index is -0.897. The van der Waals surface area contributed by atoms with Crippen LogP contribution in [0.15, 0.2) is 41.2 Å². The first-order chi connectivity index (χ1) is 11.0. The maximum Gasteiger partial charge on any atom is 0.313 e. The van der Waals surface area contributed by atoms with E-state index < -0.39 is 23.7 Å². The molecule has 3 N–H and O–H groups in total. The molecule has 0 unspecified atom stereocenters. The Hall–Kier alpha value is -2.67. The summed E-state index contributed by atoms with van der Waals surface area (Å²) in [4.78, 5) is 23.3. The molecule has 2 aromatic rings. The second-order valence-corrected chi connectivity index (χ2v) is 5.04. The van der Waals surface area contributed by atoms with Gasteiger partial charge in [0.25, 0.3) is 0 Å². The first-order valence-corrected chi connectivity index (χ1v) is 7.03. The van der Waals surface area contributed by atoms with Crippen molar-refractivity contribution in [2.24, 2.45) is 0 Å². The van der Waals surface area contributed by atoms with E-state index in [1.165, 1.54) is 24.7 Å². The number of halogens is 1. The van der Waals surface area contributed by atoms with Gasteiger partial charge in [0.05, 0.1) is 18.6 Å². The zero-order valence-electron chi connectivity index (χ0n) is 12.5. The molecule has 1 aromatic carbocycles. The number of aliphatic hydroxyl groups is 1. The lowest BCUT2D eigenvalue weighted by Crippen LogP contribution is -2.36. The lowest BCUT2D eigenvalue weighted by Gasteiger charge is -2.10. The van der Waals surface area contributed by atoms with Crippen molar-refractivity contribution < 1.29 is 23.5 Å². The summed E-state index contributed by atoms with van der Waals surface area (Å²) < 4.78 is 18.2. The third-order valence-electron chi connectivity index (χ3n) is 3.27. The summed E-state index contributed by atoms with van der Waals surface area (Å²) in [6.07, 6.45) is 2.29. The molecule has 1 heterocycles. The number of rotatable bonds is 5. The number of carbonyl (C=O) groups excluding carboxylic acids is 2. The van der Waals surface area contributed by atoms with Crippen molar-refractivity contribution in [2.75, 3.05) is 11.9 Å². The van der Waals surface area contributed by atoms with Crippen LogP contribution in [0.4, 0.5) is 10.1 Å². The fourth-order valence-electron chi connectivity index (χ4n) is 1.89. The molecule has 6 nitrogen and oxygen atoms in total. The highest BCUT2D eigenvalue weighted by Crippen LogP contribution is 2.16. The summed E-state index contributed by atoms with van der Waals surface area (Å²) in [6.45, 7) is 1.71. The van der Waals surface area contributed by atoms with E-state index in [9.17, 15) is 19.1 Å². The highest BCUT2D eigenvalue weighted by Gasteiger charge is 2.15. The molecule has 0 fully saturated rings. The van der Waals surface area contributed by atoms with Crippen molar-refractivity contribution in [3.63, 3.8) is 0 Å². The van der Waals surface area contributed by atoms with Crippen molar-refractivity contribution in [3.05, 3.63) is 53.7 Å². The van der Waals surface area contributed by atoms with Gasteiger partial charge in [0, 0.05) is 17.8 Å². The van der Waals surface area contributed by atoms with Gasteiger partial charge in [-0.3, -0.25) is 9.59 Å². The summed E-state index contributed by atoms with van der Waals surface area (Å²) in [6, 6.07) is 5.77. The van der Waals surface area contributed by atoms with Crippen molar-refractivity contribution in [1.82, 2.24) is 5.32 Å². The van der Waals surface area contributed by atoms with E-state index >= 15 is 0 Å². The molecule has 0 radical (unpaired) electrons. The second kappa shape index (κ2) is 7.55. The highest BCUT2D eigenvalue weighted by atomic mass is 19.1. The van der Waals surface area contributed by atoms with Crippen LogP contribution < -0.4 is 10.6 Å². The Morgan fingerprint density at radius 2 is 2.09 bits per heavy atom. The van der Waals surface area contributed by atoms with Crippen LogP contribution in [-0.2, 0) is 9.59 Å². The number of nitrogens with one attached hydrogen (secondary N) is 2. The third-order valence-corrected chi connectivity index (χ3v) is 3.27. The van der Waals surface area contributed by atoms with E-state index in [0.717, 1.165) is 6.07 Å². The predicted octanol–water partition coefficient (Wildman–Crippen LogP) is 1.91. The topological polar surface area (TPSA) is 91.6 Å². The zero-order chi connectivity index (χ0) is 16.8. The van der Waals surface area contributed by atoms with Gasteiger partial charge in [-0.1, -0.05) is 6.07 Å². The number of anilines is 1. The first kappa shape index (κ1) is 16.7. The van der Waals surface area contributed by atoms with Crippen molar-refractivity contribution in [2.45, 2.75) is 19.4 Å². The molecular weight excluding hydrogens is 303 g/mol. The Labute approximate surface area is 132 Å². The van der Waals surface area contributed by atoms with Gasteiger partial charge in [0.1, 0.15) is 5.82 Å². The second-order valence-electron chi connectivity index (χ2n) is 5.04. The van der Waals surface area contributed by atoms with E-state index in [2.05, 4.69) is 10.6 Å². The average molecular weight is 320 g/mol. The van der Waals surface area contributed by atoms with Gasteiger partial charge in [0.15, 0.2) is 0 Å². The summed E-state index contributed by atoms with van der Waals surface area (Å²) >= 11 is 0. The Balaban J connectivity index is 1.78. The minimum absolute atomic E-state index is 0.112. The molecule has 0 aliphatic carbocycles. The molecule has 23 heavy (non-hydrogen) atoms. The number of benzene rings is 1. The number of hydrogen-bond donors (Lipinski definition) is 3. The fraction of sp³-hybridized carbons (Fsp3) is 0.250. The van der Waals surface area contributed by atoms with Crippen LogP contribution in [-0.4, -0.2) is 23.5 Å². The number of aliphatic hydroxyl groups excluding tert-OH is 1. The molecule has 0 aliphatic rings. The summed E-state index contributed by atoms with van der Waals surface area (Å²) in [5, 5.41) is 14.5. The lowest BCUT2D eigenvalue weighted by atomic mass is 10.1. The van der Waals surface area contributed by atoms with Gasteiger partial charge in [-0.15, -0.1) is 0 Å². The number of amides is 2. The number of hydrogen-bond acceptors (Lipinski definition) is 4. The van der Waals surface area contributed by atoms with Crippen molar-refractivity contribution >= 4 is 17.5 Å². The maximum atomic E-state index is 13.4. The van der Waals surface area contributed by atoms with Gasteiger partial charge in [-0.05, 0) is 37.1 Å². The van der Waals surface area contributed by atoms with E-state index in [-0.39, 0.29) is 18.7 Å². The van der Waals surface area contributed by atoms with E-state index in [1.54, 1.807) is 13.0 Å². The largest absolute Gasteiger partial charge is 0.472 e. The van der Waals surface area contributed by atoms with Crippen LogP contribution in [0.5, 0.6) is 0 Å². The van der Waals surface area contributed by atoms with Crippen LogP contribution in [0, 0.1) is 12.7 Å². The molecule has 2 amide bonds. The van der Waals surface area contributed by atoms with E-state index in [0.29, 0.717) is 11.1 Å². The summed E-state index contributed by atoms with van der Waals surface area (Å²) in [5.74, 6) is -2.22. The Morgan fingerprint density at radius 3 is 2.74 bits per heavy atom. The number of carbonyl (C=O) groups is 2. The minimum Gasteiger partial charge on any atom is -0.472 e. The first-order valence-electron chi connectivity index (χ1n) is 7.03. The molecule has 122 valence electrons. The summed E-state index contributed by atoms with van der Waals surface area (Å²) in [5.41, 5.74) is 1.24. The molecule has 7 heteroatoms. The lowest BCUT2D eigenvalue weighted by molar-refractivity contribution is -0.136. The monoisotopic (exact) mass is 320 g/mol. The quantitative estimate of drug-likeness (QED) is 0.734. The standard InChI is InChI=1S/C16H17FN2O4/c1-10-2-3-12(8-13(10)17)19-16(22)15(21)18-6-4-14(20)11-5-7-23-9-11/h2-3,5,7-9,14,20H,4,6H2,1H3,(H,18,21)(H,19,22)/t14-/m0/s1. The maximum absolute atomic E-state index is 13.4. The van der Waals surface area contributed by atoms with Crippen LogP contribution >= 0.6 is 0 Å². The Kier molecular flexibility index (Phi) is 5.48. The van der Waals surface area contributed by atoms with Gasteiger partial charge in [-0.2, -0.15) is 0 Å². The molecule has 1 atom stereocenters. The summed E-state index contributed by atoms with van der Waals surface area (Å²) in [7, 11) is 0. The van der Waals surface area contributed by atoms with E-state index in [1.807, 2.05) is 0 Å². The Bertz CT molecular complexity index is 685. The molecule has 2 rings (SSSR count). The fourth-order valence-corrected chi connectivity index (χ4v) is 1.89. The predicted molar refractivity (Wildman–Crippen MR) is 81.1 cm³/mol. The number of aryl methyl sites for hydroxylation is 1. The van der Waals surface area contributed by atoms with Gasteiger partial charge >= 0.3 is 11.8 Å². The zero-order valence-corrected chi connectivity index (χ0v) is 12.5. The molecule has 1 aromatic heterocycles. The highest BCUT2D eigenvalue weighted by molar-refractivity contribution is 6.39. The molecule has 0 saturated carbocycles. The molecule has 0 spiro atoms. The number of furan rings is 1.